The van der Waals surface area contributed by atoms with Gasteiger partial charge in [0.2, 0.25) is 5.91 Å². The number of amides is 5. The molecule has 284 valence electrons. The van der Waals surface area contributed by atoms with E-state index in [0.29, 0.717) is 5.92 Å². The Bertz CT molecular complexity index is 1520. The summed E-state index contributed by atoms with van der Waals surface area (Å²) in [7, 11) is 0. The molecular weight excluding hydrogens is 656 g/mol. The smallest absolute Gasteiger partial charge is 0.408 e. The SMILES string of the molecule is CC1(NC(=O)OC(C)(C)C)CCN(CC2CC=C(n3ccc(NC(=O)N4CCN(C(=O)C(C)(C)NC(=O)OC(C)(C)C)CC4)nc3=O)CC2)CC1. The molecule has 1 aliphatic carbocycles. The fourth-order valence-corrected chi connectivity index (χ4v) is 6.53. The number of carbonyl (C=O) groups excluding carboxylic acids is 4. The van der Waals surface area contributed by atoms with E-state index in [9.17, 15) is 24.0 Å². The Morgan fingerprint density at radius 2 is 1.47 bits per heavy atom. The zero-order chi connectivity index (χ0) is 37.8. The summed E-state index contributed by atoms with van der Waals surface area (Å²) in [6.45, 7) is 20.1. The van der Waals surface area contributed by atoms with Crippen molar-refractivity contribution in [2.75, 3.05) is 51.1 Å². The van der Waals surface area contributed by atoms with Gasteiger partial charge in [0.25, 0.3) is 0 Å². The van der Waals surface area contributed by atoms with Crippen LogP contribution < -0.4 is 21.6 Å². The predicted molar refractivity (Wildman–Crippen MR) is 194 cm³/mol. The van der Waals surface area contributed by atoms with E-state index < -0.39 is 34.6 Å². The van der Waals surface area contributed by atoms with Crippen molar-refractivity contribution in [3.05, 3.63) is 28.8 Å². The highest BCUT2D eigenvalue weighted by molar-refractivity contribution is 5.90. The van der Waals surface area contributed by atoms with Gasteiger partial charge < -0.3 is 34.8 Å². The molecule has 2 saturated heterocycles. The number of alkyl carbamates (subject to hydrolysis) is 2. The predicted octanol–water partition coefficient (Wildman–Crippen LogP) is 4.24. The number of rotatable bonds is 7. The van der Waals surface area contributed by atoms with E-state index in [0.717, 1.165) is 57.4 Å². The summed E-state index contributed by atoms with van der Waals surface area (Å²) in [6.07, 6.45) is 6.97. The number of piperidine rings is 1. The zero-order valence-electron chi connectivity index (χ0n) is 31.9. The lowest BCUT2D eigenvalue weighted by Gasteiger charge is -2.41. The van der Waals surface area contributed by atoms with Crippen molar-refractivity contribution in [3.63, 3.8) is 0 Å². The van der Waals surface area contributed by atoms with E-state index in [1.807, 2.05) is 20.8 Å². The van der Waals surface area contributed by atoms with Crippen LogP contribution in [-0.2, 0) is 14.3 Å². The van der Waals surface area contributed by atoms with Gasteiger partial charge in [-0.05, 0) is 106 Å². The summed E-state index contributed by atoms with van der Waals surface area (Å²) in [6, 6.07) is 1.21. The van der Waals surface area contributed by atoms with Crippen LogP contribution >= 0.6 is 0 Å². The van der Waals surface area contributed by atoms with E-state index in [-0.39, 0.29) is 49.5 Å². The maximum absolute atomic E-state index is 13.1. The Morgan fingerprint density at radius 3 is 2.02 bits per heavy atom. The van der Waals surface area contributed by atoms with E-state index in [1.165, 1.54) is 4.57 Å². The second-order valence-corrected chi connectivity index (χ2v) is 16.8. The largest absolute Gasteiger partial charge is 0.444 e. The molecule has 4 rings (SSSR count). The Morgan fingerprint density at radius 1 is 0.882 bits per heavy atom. The molecule has 5 amide bonds. The van der Waals surface area contributed by atoms with Crippen LogP contribution in [0.15, 0.2) is 23.1 Å². The van der Waals surface area contributed by atoms with Crippen molar-refractivity contribution >= 4 is 35.6 Å². The first-order valence-corrected chi connectivity index (χ1v) is 18.0. The van der Waals surface area contributed by atoms with Gasteiger partial charge in [0, 0.05) is 63.2 Å². The molecule has 1 aromatic rings. The monoisotopic (exact) mass is 714 g/mol. The van der Waals surface area contributed by atoms with Gasteiger partial charge in [0.1, 0.15) is 22.6 Å². The summed E-state index contributed by atoms with van der Waals surface area (Å²) in [4.78, 5) is 73.4. The van der Waals surface area contributed by atoms with E-state index in [4.69, 9.17) is 9.47 Å². The number of hydrogen-bond acceptors (Lipinski definition) is 9. The molecule has 1 atom stereocenters. The summed E-state index contributed by atoms with van der Waals surface area (Å²) >= 11 is 0. The lowest BCUT2D eigenvalue weighted by Crippen LogP contribution is -2.60. The molecule has 3 N–H and O–H groups in total. The average molecular weight is 715 g/mol. The highest BCUT2D eigenvalue weighted by atomic mass is 16.6. The minimum Gasteiger partial charge on any atom is -0.444 e. The topological polar surface area (TPSA) is 167 Å². The second kappa shape index (κ2) is 15.6. The summed E-state index contributed by atoms with van der Waals surface area (Å²) in [5.74, 6) is 0.364. The van der Waals surface area contributed by atoms with Crippen molar-refractivity contribution in [2.45, 2.75) is 117 Å². The van der Waals surface area contributed by atoms with Crippen LogP contribution in [0.4, 0.5) is 20.2 Å². The first-order chi connectivity index (χ1) is 23.6. The molecule has 51 heavy (non-hydrogen) atoms. The van der Waals surface area contributed by atoms with Crippen molar-refractivity contribution in [1.82, 2.24) is 34.9 Å². The van der Waals surface area contributed by atoms with E-state index in [1.54, 1.807) is 56.7 Å². The van der Waals surface area contributed by atoms with Crippen LogP contribution in [-0.4, -0.2) is 116 Å². The number of urea groups is 1. The molecule has 0 bridgehead atoms. The van der Waals surface area contributed by atoms with Crippen LogP contribution in [0.2, 0.25) is 0 Å². The molecule has 0 spiro atoms. The highest BCUT2D eigenvalue weighted by Crippen LogP contribution is 2.29. The molecule has 1 unspecified atom stereocenters. The number of allylic oxidation sites excluding steroid dienone is 2. The lowest BCUT2D eigenvalue weighted by atomic mass is 9.87. The Labute approximate surface area is 301 Å². The molecule has 1 aromatic heterocycles. The Balaban J connectivity index is 1.21. The van der Waals surface area contributed by atoms with E-state index in [2.05, 4.69) is 38.8 Å². The molecule has 3 aliphatic rings. The van der Waals surface area contributed by atoms with Gasteiger partial charge in [0.15, 0.2) is 0 Å². The van der Waals surface area contributed by atoms with Crippen LogP contribution in [0.25, 0.3) is 5.70 Å². The quantitative estimate of drug-likeness (QED) is 0.374. The van der Waals surface area contributed by atoms with Crippen molar-refractivity contribution < 1.29 is 28.7 Å². The van der Waals surface area contributed by atoms with E-state index >= 15 is 0 Å². The molecule has 0 radical (unpaired) electrons. The summed E-state index contributed by atoms with van der Waals surface area (Å²) in [5, 5.41) is 8.42. The minimum absolute atomic E-state index is 0.162. The van der Waals surface area contributed by atoms with Crippen LogP contribution in [0, 0.1) is 5.92 Å². The number of carbonyl (C=O) groups is 4. The van der Waals surface area contributed by atoms with Gasteiger partial charge >= 0.3 is 23.9 Å². The maximum atomic E-state index is 13.1. The molecule has 3 heterocycles. The minimum atomic E-state index is -1.19. The van der Waals surface area contributed by atoms with Crippen LogP contribution in [0.5, 0.6) is 0 Å². The van der Waals surface area contributed by atoms with Gasteiger partial charge in [-0.25, -0.2) is 19.2 Å². The number of nitrogens with zero attached hydrogens (tertiary/aromatic N) is 5. The van der Waals surface area contributed by atoms with Crippen molar-refractivity contribution in [2.24, 2.45) is 5.92 Å². The normalized spacial score (nSPS) is 20.2. The fourth-order valence-electron chi connectivity index (χ4n) is 6.53. The summed E-state index contributed by atoms with van der Waals surface area (Å²) in [5.41, 5.74) is -2.24. The fraction of sp³-hybridized carbons (Fsp3) is 0.722. The maximum Gasteiger partial charge on any atom is 0.408 e. The molecule has 2 fully saturated rings. The number of anilines is 1. The number of ether oxygens (including phenoxy) is 2. The molecule has 0 saturated carbocycles. The summed E-state index contributed by atoms with van der Waals surface area (Å²) < 4.78 is 12.3. The average Bonchev–Trinajstić information content (AvgIpc) is 3.00. The third kappa shape index (κ3) is 11.7. The second-order valence-electron chi connectivity index (χ2n) is 16.8. The highest BCUT2D eigenvalue weighted by Gasteiger charge is 2.37. The lowest BCUT2D eigenvalue weighted by molar-refractivity contribution is -0.138. The van der Waals surface area contributed by atoms with Gasteiger partial charge in [-0.1, -0.05) is 6.08 Å². The number of hydrogen-bond donors (Lipinski definition) is 3. The van der Waals surface area contributed by atoms with Gasteiger partial charge in [0.05, 0.1) is 0 Å². The van der Waals surface area contributed by atoms with Gasteiger partial charge in [-0.3, -0.25) is 14.7 Å². The molecule has 0 aromatic carbocycles. The van der Waals surface area contributed by atoms with Gasteiger partial charge in [-0.15, -0.1) is 0 Å². The van der Waals surface area contributed by atoms with Crippen molar-refractivity contribution in [3.8, 4) is 0 Å². The third-order valence-electron chi connectivity index (χ3n) is 9.32. The number of aromatic nitrogens is 2. The molecule has 15 heteroatoms. The zero-order valence-corrected chi connectivity index (χ0v) is 31.9. The van der Waals surface area contributed by atoms with Crippen molar-refractivity contribution in [1.29, 1.82) is 0 Å². The molecular formula is C36H58N8O7. The standard InChI is InChI=1S/C36H58N8O7/c1-33(2,3)50-31(48)39-35(7,8)28(45)42-20-22-43(23-21-42)29(46)37-27-14-17-44(30(47)38-27)26-12-10-25(11-13-26)24-41-18-15-36(9,16-19-41)40-32(49)51-34(4,5)6/h12,14,17,25H,10-11,13,15-16,18-24H2,1-9H3,(H,39,48)(H,40,49)(H,37,38,46,47). The Hall–Kier alpha value is -4.14. The Kier molecular flexibility index (Phi) is 12.1. The third-order valence-corrected chi connectivity index (χ3v) is 9.32. The molecule has 15 nitrogen and oxygen atoms in total. The number of nitrogens with one attached hydrogen (secondary N) is 3. The first-order valence-electron chi connectivity index (χ1n) is 18.0. The first kappa shape index (κ1) is 39.6. The number of likely N-dealkylation sites (tertiary alicyclic amines) is 1. The number of piperazine rings is 1. The molecule has 2 aliphatic heterocycles. The van der Waals surface area contributed by atoms with Crippen LogP contribution in [0.1, 0.15) is 94.4 Å². The van der Waals surface area contributed by atoms with Gasteiger partial charge in [-0.2, -0.15) is 4.98 Å². The van der Waals surface area contributed by atoms with Crippen LogP contribution in [0.3, 0.4) is 0 Å².